The lowest BCUT2D eigenvalue weighted by Gasteiger charge is -2.06. The van der Waals surface area contributed by atoms with Gasteiger partial charge in [0.05, 0.1) is 12.2 Å². The maximum atomic E-state index is 6.17. The Balaban J connectivity index is 1.91. The lowest BCUT2D eigenvalue weighted by Crippen LogP contribution is -2.06. The van der Waals surface area contributed by atoms with E-state index >= 15 is 0 Å². The van der Waals surface area contributed by atoms with Crippen LogP contribution in [0.1, 0.15) is 5.56 Å². The Hall–Kier alpha value is -1.97. The summed E-state index contributed by atoms with van der Waals surface area (Å²) >= 11 is 12.1. The standard InChI is InChI=1S/C16H13Cl2N3/c17-13-7-5-11(6-8-13)15-9-16(19)21(20-15)10-12-3-1-2-4-14(12)18/h1-9H,10,19H2. The van der Waals surface area contributed by atoms with Gasteiger partial charge in [-0.2, -0.15) is 5.10 Å². The maximum absolute atomic E-state index is 6.17. The molecule has 3 nitrogen and oxygen atoms in total. The van der Waals surface area contributed by atoms with Crippen LogP contribution in [0, 0.1) is 0 Å². The fourth-order valence-electron chi connectivity index (χ4n) is 2.11. The summed E-state index contributed by atoms with van der Waals surface area (Å²) < 4.78 is 1.74. The van der Waals surface area contributed by atoms with Gasteiger partial charge < -0.3 is 5.73 Å². The molecule has 2 N–H and O–H groups in total. The monoisotopic (exact) mass is 317 g/mol. The first-order chi connectivity index (χ1) is 10.1. The van der Waals surface area contributed by atoms with Crippen molar-refractivity contribution in [2.24, 2.45) is 0 Å². The molecule has 106 valence electrons. The summed E-state index contributed by atoms with van der Waals surface area (Å²) in [6.07, 6.45) is 0. The Morgan fingerprint density at radius 1 is 1.00 bits per heavy atom. The van der Waals surface area contributed by atoms with Gasteiger partial charge in [-0.15, -0.1) is 0 Å². The molecule has 0 atom stereocenters. The van der Waals surface area contributed by atoms with E-state index in [-0.39, 0.29) is 0 Å². The van der Waals surface area contributed by atoms with E-state index in [4.69, 9.17) is 28.9 Å². The molecule has 0 amide bonds. The summed E-state index contributed by atoms with van der Waals surface area (Å²) in [5.41, 5.74) is 8.81. The van der Waals surface area contributed by atoms with Crippen LogP contribution in [0.25, 0.3) is 11.3 Å². The van der Waals surface area contributed by atoms with Gasteiger partial charge in [-0.05, 0) is 23.8 Å². The number of benzene rings is 2. The molecule has 0 spiro atoms. The number of nitrogens with two attached hydrogens (primary N) is 1. The number of hydrogen-bond acceptors (Lipinski definition) is 2. The third-order valence-electron chi connectivity index (χ3n) is 3.23. The molecule has 0 bridgehead atoms. The van der Waals surface area contributed by atoms with Crippen molar-refractivity contribution in [2.75, 3.05) is 5.73 Å². The normalized spacial score (nSPS) is 10.8. The quantitative estimate of drug-likeness (QED) is 0.773. The third kappa shape index (κ3) is 3.04. The molecular weight excluding hydrogens is 305 g/mol. The molecule has 1 aromatic heterocycles. The van der Waals surface area contributed by atoms with Crippen LogP contribution in [0.3, 0.4) is 0 Å². The van der Waals surface area contributed by atoms with E-state index in [0.717, 1.165) is 16.8 Å². The molecule has 0 aliphatic carbocycles. The SMILES string of the molecule is Nc1cc(-c2ccc(Cl)cc2)nn1Cc1ccccc1Cl. The first-order valence-corrected chi connectivity index (χ1v) is 7.22. The van der Waals surface area contributed by atoms with Gasteiger partial charge in [-0.25, -0.2) is 4.68 Å². The van der Waals surface area contributed by atoms with Crippen molar-refractivity contribution in [3.8, 4) is 11.3 Å². The Morgan fingerprint density at radius 3 is 2.43 bits per heavy atom. The van der Waals surface area contributed by atoms with Crippen LogP contribution in [0.2, 0.25) is 10.0 Å². The number of halogens is 2. The lowest BCUT2D eigenvalue weighted by molar-refractivity contribution is 0.700. The molecule has 0 radical (unpaired) electrons. The average Bonchev–Trinajstić information content (AvgIpc) is 2.83. The van der Waals surface area contributed by atoms with Crippen LogP contribution >= 0.6 is 23.2 Å². The van der Waals surface area contributed by atoms with Crippen LogP contribution in [-0.4, -0.2) is 9.78 Å². The maximum Gasteiger partial charge on any atom is 0.122 e. The highest BCUT2D eigenvalue weighted by molar-refractivity contribution is 6.31. The second-order valence-electron chi connectivity index (χ2n) is 4.71. The van der Waals surface area contributed by atoms with Crippen molar-refractivity contribution < 1.29 is 0 Å². The molecule has 2 aromatic carbocycles. The highest BCUT2D eigenvalue weighted by Crippen LogP contribution is 2.24. The van der Waals surface area contributed by atoms with Crippen molar-refractivity contribution in [1.82, 2.24) is 9.78 Å². The average molecular weight is 318 g/mol. The topological polar surface area (TPSA) is 43.8 Å². The number of aromatic nitrogens is 2. The molecule has 0 aliphatic heterocycles. The summed E-state index contributed by atoms with van der Waals surface area (Å²) in [5, 5.41) is 5.94. The number of hydrogen-bond donors (Lipinski definition) is 1. The molecule has 5 heteroatoms. The van der Waals surface area contributed by atoms with E-state index in [1.165, 1.54) is 0 Å². The zero-order valence-corrected chi connectivity index (χ0v) is 12.6. The van der Waals surface area contributed by atoms with Gasteiger partial charge in [0.25, 0.3) is 0 Å². The predicted molar refractivity (Wildman–Crippen MR) is 87.6 cm³/mol. The minimum absolute atomic E-state index is 0.541. The molecule has 0 saturated carbocycles. The molecule has 0 saturated heterocycles. The molecule has 3 rings (SSSR count). The summed E-state index contributed by atoms with van der Waals surface area (Å²) in [6, 6.07) is 17.0. The van der Waals surface area contributed by atoms with E-state index < -0.39 is 0 Å². The van der Waals surface area contributed by atoms with Gasteiger partial charge >= 0.3 is 0 Å². The molecular formula is C16H13Cl2N3. The first kappa shape index (κ1) is 14.0. The Morgan fingerprint density at radius 2 is 1.71 bits per heavy atom. The zero-order valence-electron chi connectivity index (χ0n) is 11.1. The third-order valence-corrected chi connectivity index (χ3v) is 3.85. The van der Waals surface area contributed by atoms with E-state index in [1.54, 1.807) is 4.68 Å². The number of nitrogens with zero attached hydrogens (tertiary/aromatic N) is 2. The number of anilines is 1. The molecule has 0 aliphatic rings. The highest BCUT2D eigenvalue weighted by atomic mass is 35.5. The summed E-state index contributed by atoms with van der Waals surface area (Å²) in [7, 11) is 0. The van der Waals surface area contributed by atoms with Crippen molar-refractivity contribution >= 4 is 29.0 Å². The number of nitrogen functional groups attached to an aromatic ring is 1. The summed E-state index contributed by atoms with van der Waals surface area (Å²) in [6.45, 7) is 0.541. The van der Waals surface area contributed by atoms with Crippen LogP contribution < -0.4 is 5.73 Å². The second-order valence-corrected chi connectivity index (χ2v) is 5.55. The highest BCUT2D eigenvalue weighted by Gasteiger charge is 2.09. The van der Waals surface area contributed by atoms with E-state index in [1.807, 2.05) is 54.6 Å². The van der Waals surface area contributed by atoms with Gasteiger partial charge in [-0.3, -0.25) is 0 Å². The lowest BCUT2D eigenvalue weighted by atomic mass is 10.1. The minimum atomic E-state index is 0.541. The minimum Gasteiger partial charge on any atom is -0.384 e. The van der Waals surface area contributed by atoms with Crippen molar-refractivity contribution in [2.45, 2.75) is 6.54 Å². The Labute approximate surface area is 132 Å². The van der Waals surface area contributed by atoms with Gasteiger partial charge in [0.2, 0.25) is 0 Å². The van der Waals surface area contributed by atoms with Crippen LogP contribution in [0.5, 0.6) is 0 Å². The first-order valence-electron chi connectivity index (χ1n) is 6.46. The van der Waals surface area contributed by atoms with Crippen LogP contribution in [0.4, 0.5) is 5.82 Å². The smallest absolute Gasteiger partial charge is 0.122 e. The van der Waals surface area contributed by atoms with E-state index in [2.05, 4.69) is 5.10 Å². The van der Waals surface area contributed by atoms with Gasteiger partial charge in [0.15, 0.2) is 0 Å². The summed E-state index contributed by atoms with van der Waals surface area (Å²) in [4.78, 5) is 0. The van der Waals surface area contributed by atoms with E-state index in [0.29, 0.717) is 22.4 Å². The van der Waals surface area contributed by atoms with Gasteiger partial charge in [-0.1, -0.05) is 53.5 Å². The Bertz CT molecular complexity index is 763. The van der Waals surface area contributed by atoms with Crippen LogP contribution in [0.15, 0.2) is 54.6 Å². The van der Waals surface area contributed by atoms with E-state index in [9.17, 15) is 0 Å². The fraction of sp³-hybridized carbons (Fsp3) is 0.0625. The molecule has 1 heterocycles. The number of rotatable bonds is 3. The van der Waals surface area contributed by atoms with Gasteiger partial charge in [0.1, 0.15) is 5.82 Å². The van der Waals surface area contributed by atoms with Crippen molar-refractivity contribution in [1.29, 1.82) is 0 Å². The zero-order chi connectivity index (χ0) is 14.8. The molecule has 0 fully saturated rings. The van der Waals surface area contributed by atoms with Crippen LogP contribution in [-0.2, 0) is 6.54 Å². The Kier molecular flexibility index (Phi) is 3.86. The molecule has 3 aromatic rings. The molecule has 0 unspecified atom stereocenters. The largest absolute Gasteiger partial charge is 0.384 e. The second kappa shape index (κ2) is 5.80. The van der Waals surface area contributed by atoms with Crippen molar-refractivity contribution in [3.63, 3.8) is 0 Å². The predicted octanol–water partition coefficient (Wildman–Crippen LogP) is 4.49. The van der Waals surface area contributed by atoms with Gasteiger partial charge in [0, 0.05) is 21.7 Å². The summed E-state index contributed by atoms with van der Waals surface area (Å²) in [5.74, 6) is 0.597. The molecule has 21 heavy (non-hydrogen) atoms. The fourth-order valence-corrected chi connectivity index (χ4v) is 2.43. The van der Waals surface area contributed by atoms with Crippen molar-refractivity contribution in [3.05, 3.63) is 70.2 Å².